The van der Waals surface area contributed by atoms with Gasteiger partial charge in [-0.1, -0.05) is 36.4 Å². The van der Waals surface area contributed by atoms with E-state index in [2.05, 4.69) is 25.7 Å². The fourth-order valence-electron chi connectivity index (χ4n) is 1.34. The lowest BCUT2D eigenvalue weighted by molar-refractivity contribution is 0.596. The first-order valence-corrected chi connectivity index (χ1v) is 6.71. The number of benzene rings is 2. The van der Waals surface area contributed by atoms with Gasteiger partial charge in [0.15, 0.2) is 0 Å². The van der Waals surface area contributed by atoms with Crippen LogP contribution in [0.25, 0.3) is 0 Å². The van der Waals surface area contributed by atoms with Crippen molar-refractivity contribution >= 4 is 9.84 Å². The number of terminal acetylenes is 2. The minimum absolute atomic E-state index is 0.330. The zero-order valence-corrected chi connectivity index (χ0v) is 11.1. The van der Waals surface area contributed by atoms with Gasteiger partial charge >= 0.3 is 0 Å². The summed E-state index contributed by atoms with van der Waals surface area (Å²) in [5, 5.41) is 0. The smallest absolute Gasteiger partial charge is 0.206 e. The highest BCUT2D eigenvalue weighted by atomic mass is 32.2. The summed E-state index contributed by atoms with van der Waals surface area (Å²) in [6, 6.07) is 16.9. The summed E-state index contributed by atoms with van der Waals surface area (Å²) in [6.07, 6.45) is 16.0. The Morgan fingerprint density at radius 2 is 0.842 bits per heavy atom. The number of hydrogen-bond donors (Lipinski definition) is 0. The van der Waals surface area contributed by atoms with Gasteiger partial charge in [0.2, 0.25) is 9.84 Å². The average molecular weight is 270 g/mol. The maximum Gasteiger partial charge on any atom is 0.206 e. The lowest BCUT2D eigenvalue weighted by Crippen LogP contribution is -2.00. The van der Waals surface area contributed by atoms with E-state index < -0.39 is 9.84 Å². The third-order valence-electron chi connectivity index (χ3n) is 2.11. The molecule has 0 aliphatic rings. The Morgan fingerprint density at radius 1 is 0.579 bits per heavy atom. The lowest BCUT2D eigenvalue weighted by atomic mass is 10.4. The minimum Gasteiger partial charge on any atom is -0.219 e. The third kappa shape index (κ3) is 4.35. The first-order valence-electron chi connectivity index (χ1n) is 5.23. The van der Waals surface area contributed by atoms with E-state index in [1.807, 2.05) is 0 Å². The van der Waals surface area contributed by atoms with Crippen LogP contribution in [-0.4, -0.2) is 8.42 Å². The highest BCUT2D eigenvalue weighted by Crippen LogP contribution is 2.19. The molecular weight excluding hydrogens is 256 g/mol. The van der Waals surface area contributed by atoms with E-state index in [0.29, 0.717) is 9.79 Å². The molecule has 2 rings (SSSR count). The van der Waals surface area contributed by atoms with E-state index in [4.69, 9.17) is 0 Å². The molecule has 0 heterocycles. The van der Waals surface area contributed by atoms with Crippen molar-refractivity contribution in [1.82, 2.24) is 0 Å². The van der Waals surface area contributed by atoms with Crippen molar-refractivity contribution in [3.63, 3.8) is 0 Å². The Balaban J connectivity index is 0.000000741. The second kappa shape index (κ2) is 8.58. The number of sulfone groups is 1. The zero-order chi connectivity index (χ0) is 14.7. The van der Waals surface area contributed by atoms with Crippen LogP contribution in [0.2, 0.25) is 0 Å². The van der Waals surface area contributed by atoms with Gasteiger partial charge in [-0.05, 0) is 24.3 Å². The van der Waals surface area contributed by atoms with Crippen LogP contribution in [0.5, 0.6) is 0 Å². The van der Waals surface area contributed by atoms with Gasteiger partial charge in [-0.25, -0.2) is 8.42 Å². The maximum atomic E-state index is 12.0. The van der Waals surface area contributed by atoms with E-state index >= 15 is 0 Å². The summed E-state index contributed by atoms with van der Waals surface area (Å²) in [5.41, 5.74) is 0. The predicted octanol–water partition coefficient (Wildman–Crippen LogP) is 3.02. The molecule has 3 heteroatoms. The summed E-state index contributed by atoms with van der Waals surface area (Å²) < 4.78 is 24.1. The first kappa shape index (κ1) is 16.5. The average Bonchev–Trinajstić information content (AvgIpc) is 2.53. The molecule has 2 nitrogen and oxygen atoms in total. The van der Waals surface area contributed by atoms with Gasteiger partial charge in [0.25, 0.3) is 0 Å². The third-order valence-corrected chi connectivity index (χ3v) is 3.89. The van der Waals surface area contributed by atoms with E-state index in [0.717, 1.165) is 0 Å². The van der Waals surface area contributed by atoms with E-state index in [1.54, 1.807) is 60.7 Å². The molecule has 96 valence electrons. The van der Waals surface area contributed by atoms with Crippen LogP contribution >= 0.6 is 0 Å². The summed E-state index contributed by atoms with van der Waals surface area (Å²) in [4.78, 5) is 0.660. The molecule has 0 unspecified atom stereocenters. The topological polar surface area (TPSA) is 34.1 Å². The molecule has 0 N–H and O–H groups in total. The van der Waals surface area contributed by atoms with Crippen molar-refractivity contribution in [2.75, 3.05) is 0 Å². The fourth-order valence-corrected chi connectivity index (χ4v) is 2.64. The quantitative estimate of drug-likeness (QED) is 0.786. The summed E-state index contributed by atoms with van der Waals surface area (Å²) in [6.45, 7) is 0. The SMILES string of the molecule is C#C.C#C.O=S(=O)(c1ccccc1)c1ccccc1. The second-order valence-corrected chi connectivity index (χ2v) is 5.08. The molecule has 0 saturated heterocycles. The Bertz CT molecular complexity index is 557. The van der Waals surface area contributed by atoms with Gasteiger partial charge in [-0.3, -0.25) is 0 Å². The molecule has 0 bridgehead atoms. The molecule has 2 aromatic rings. The van der Waals surface area contributed by atoms with Crippen LogP contribution in [0.3, 0.4) is 0 Å². The van der Waals surface area contributed by atoms with Crippen molar-refractivity contribution in [1.29, 1.82) is 0 Å². The molecule has 0 atom stereocenters. The highest BCUT2D eigenvalue weighted by Gasteiger charge is 2.15. The summed E-state index contributed by atoms with van der Waals surface area (Å²) >= 11 is 0. The molecule has 0 spiro atoms. The van der Waals surface area contributed by atoms with E-state index in [9.17, 15) is 8.42 Å². The Hall–Kier alpha value is -2.49. The van der Waals surface area contributed by atoms with Gasteiger partial charge in [-0.2, -0.15) is 0 Å². The van der Waals surface area contributed by atoms with Crippen molar-refractivity contribution in [2.45, 2.75) is 9.79 Å². The Morgan fingerprint density at radius 3 is 1.11 bits per heavy atom. The van der Waals surface area contributed by atoms with Gasteiger partial charge in [0.1, 0.15) is 0 Å². The number of rotatable bonds is 2. The van der Waals surface area contributed by atoms with Gasteiger partial charge < -0.3 is 0 Å². The van der Waals surface area contributed by atoms with Crippen LogP contribution < -0.4 is 0 Å². The Labute approximate surface area is 115 Å². The van der Waals surface area contributed by atoms with E-state index in [1.165, 1.54) is 0 Å². The molecule has 0 amide bonds. The second-order valence-electron chi connectivity index (χ2n) is 3.13. The van der Waals surface area contributed by atoms with Gasteiger partial charge in [0, 0.05) is 0 Å². The molecular formula is C16H14O2S. The van der Waals surface area contributed by atoms with Crippen LogP contribution in [0.1, 0.15) is 0 Å². The molecule has 0 saturated carbocycles. The molecule has 0 aliphatic carbocycles. The molecule has 19 heavy (non-hydrogen) atoms. The van der Waals surface area contributed by atoms with Crippen molar-refractivity contribution < 1.29 is 8.42 Å². The van der Waals surface area contributed by atoms with Crippen LogP contribution in [-0.2, 0) is 9.84 Å². The normalized spacial score (nSPS) is 9.05. The fraction of sp³-hybridized carbons (Fsp3) is 0. The van der Waals surface area contributed by atoms with Crippen LogP contribution in [0.15, 0.2) is 70.5 Å². The standard InChI is InChI=1S/C12H10O2S.2C2H2/c13-15(14,11-7-3-1-4-8-11)12-9-5-2-6-10-12;2*1-2/h1-10H;2*1-2H. The molecule has 2 aromatic carbocycles. The molecule has 0 fully saturated rings. The molecule has 0 radical (unpaired) electrons. The van der Waals surface area contributed by atoms with Gasteiger partial charge in [0.05, 0.1) is 9.79 Å². The van der Waals surface area contributed by atoms with Crippen molar-refractivity contribution in [2.24, 2.45) is 0 Å². The predicted molar refractivity (Wildman–Crippen MR) is 78.1 cm³/mol. The van der Waals surface area contributed by atoms with E-state index in [-0.39, 0.29) is 0 Å². The lowest BCUT2D eigenvalue weighted by Gasteiger charge is -2.03. The Kier molecular flexibility index (Phi) is 7.45. The van der Waals surface area contributed by atoms with Crippen LogP contribution in [0.4, 0.5) is 0 Å². The van der Waals surface area contributed by atoms with Gasteiger partial charge in [-0.15, -0.1) is 25.7 Å². The first-order chi connectivity index (χ1) is 9.21. The van der Waals surface area contributed by atoms with Crippen molar-refractivity contribution in [3.8, 4) is 25.7 Å². The number of hydrogen-bond acceptors (Lipinski definition) is 2. The maximum absolute atomic E-state index is 12.0. The highest BCUT2D eigenvalue weighted by molar-refractivity contribution is 7.91. The molecule has 0 aromatic heterocycles. The largest absolute Gasteiger partial charge is 0.219 e. The minimum atomic E-state index is -3.34. The summed E-state index contributed by atoms with van der Waals surface area (Å²) in [5.74, 6) is 0. The van der Waals surface area contributed by atoms with Crippen LogP contribution in [0, 0.1) is 25.7 Å². The monoisotopic (exact) mass is 270 g/mol. The molecule has 0 aliphatic heterocycles. The van der Waals surface area contributed by atoms with Crippen molar-refractivity contribution in [3.05, 3.63) is 60.7 Å². The zero-order valence-electron chi connectivity index (χ0n) is 10.3. The summed E-state index contributed by atoms with van der Waals surface area (Å²) in [7, 11) is -3.34.